The smallest absolute Gasteiger partial charge is 0.268 e. The van der Waals surface area contributed by atoms with E-state index in [4.69, 9.17) is 0 Å². The minimum atomic E-state index is -3.75. The molecule has 112 valence electrons. The fraction of sp³-hybridized carbons (Fsp3) is 0.583. The van der Waals surface area contributed by atoms with Gasteiger partial charge in [-0.05, 0) is 33.2 Å². The number of allylic oxidation sites excluding steroid dienone is 3. The van der Waals surface area contributed by atoms with Crippen LogP contribution in [0.25, 0.3) is 0 Å². The van der Waals surface area contributed by atoms with Crippen LogP contribution in [-0.4, -0.2) is 31.4 Å². The van der Waals surface area contributed by atoms with E-state index in [0.717, 1.165) is 0 Å². The lowest BCUT2D eigenvalue weighted by Gasteiger charge is -2.21. The number of nitro groups is 1. The summed E-state index contributed by atoms with van der Waals surface area (Å²) in [6.07, 6.45) is 1.58. The van der Waals surface area contributed by atoms with Crippen molar-refractivity contribution < 1.29 is 18.1 Å². The Morgan fingerprint density at radius 2 is 2.10 bits per heavy atom. The summed E-state index contributed by atoms with van der Waals surface area (Å²) in [5, 5.41) is 9.65. The molecule has 0 saturated heterocycles. The van der Waals surface area contributed by atoms with Gasteiger partial charge in [0.25, 0.3) is 5.70 Å². The summed E-state index contributed by atoms with van der Waals surface area (Å²) in [7, 11) is -2.52. The van der Waals surface area contributed by atoms with Crippen molar-refractivity contribution in [2.24, 2.45) is 5.92 Å². The zero-order valence-electron chi connectivity index (χ0n) is 11.8. The van der Waals surface area contributed by atoms with Gasteiger partial charge in [-0.15, -0.1) is 0 Å². The van der Waals surface area contributed by atoms with Crippen LogP contribution >= 0.6 is 0 Å². The first-order valence-corrected chi connectivity index (χ1v) is 7.68. The number of rotatable bonds is 5. The molecule has 0 spiro atoms. The molecule has 1 aliphatic rings. The second-order valence-corrected chi connectivity index (χ2v) is 7.09. The molecule has 20 heavy (non-hydrogen) atoms. The summed E-state index contributed by atoms with van der Waals surface area (Å²) in [5.74, 6) is -0.834. The molecule has 1 aliphatic carbocycles. The van der Waals surface area contributed by atoms with Crippen molar-refractivity contribution >= 4 is 15.8 Å². The van der Waals surface area contributed by atoms with E-state index in [-0.39, 0.29) is 17.2 Å². The lowest BCUT2D eigenvalue weighted by atomic mass is 9.85. The van der Waals surface area contributed by atoms with Crippen molar-refractivity contribution in [3.05, 3.63) is 33.0 Å². The van der Waals surface area contributed by atoms with Crippen molar-refractivity contribution in [2.45, 2.75) is 32.4 Å². The Bertz CT molecular complexity index is 603. The van der Waals surface area contributed by atoms with Gasteiger partial charge in [-0.2, -0.15) is 0 Å². The van der Waals surface area contributed by atoms with Crippen LogP contribution in [0.2, 0.25) is 0 Å². The first kappa shape index (κ1) is 16.5. The Balaban J connectivity index is 3.22. The Hall–Kier alpha value is -1.54. The highest BCUT2D eigenvalue weighted by atomic mass is 32.2. The van der Waals surface area contributed by atoms with Crippen molar-refractivity contribution in [3.8, 4) is 0 Å². The molecule has 0 fully saturated rings. The Morgan fingerprint density at radius 1 is 1.55 bits per heavy atom. The van der Waals surface area contributed by atoms with Gasteiger partial charge >= 0.3 is 0 Å². The second kappa shape index (κ2) is 5.84. The van der Waals surface area contributed by atoms with Crippen molar-refractivity contribution in [2.75, 3.05) is 7.05 Å². The number of ketones is 1. The normalized spacial score (nSPS) is 21.4. The van der Waals surface area contributed by atoms with E-state index in [1.54, 1.807) is 13.8 Å². The molecule has 7 nitrogen and oxygen atoms in total. The number of nitrogens with one attached hydrogen (secondary N) is 1. The van der Waals surface area contributed by atoms with E-state index in [2.05, 4.69) is 4.72 Å². The largest absolute Gasteiger partial charge is 0.293 e. The maximum atomic E-state index is 12.3. The van der Waals surface area contributed by atoms with Crippen LogP contribution in [-0.2, 0) is 14.8 Å². The third kappa shape index (κ3) is 3.13. The van der Waals surface area contributed by atoms with Gasteiger partial charge in [0.15, 0.2) is 5.78 Å². The molecule has 0 aromatic heterocycles. The maximum Gasteiger partial charge on any atom is 0.268 e. The second-order valence-electron chi connectivity index (χ2n) is 4.88. The molecule has 1 N–H and O–H groups in total. The van der Waals surface area contributed by atoms with Crippen LogP contribution in [0.15, 0.2) is 22.9 Å². The summed E-state index contributed by atoms with van der Waals surface area (Å²) in [6, 6.07) is 0. The van der Waals surface area contributed by atoms with Gasteiger partial charge in [0.1, 0.15) is 5.25 Å². The average molecular weight is 302 g/mol. The SMILES string of the molecule is CNS(=O)(=O)C(C)C(=O)C1=CC([N+](=O)[O-])=C(C)CC1C. The van der Waals surface area contributed by atoms with E-state index in [1.807, 2.05) is 0 Å². The van der Waals surface area contributed by atoms with E-state index in [0.29, 0.717) is 12.0 Å². The van der Waals surface area contributed by atoms with E-state index >= 15 is 0 Å². The summed E-state index contributed by atoms with van der Waals surface area (Å²) in [5.41, 5.74) is 0.650. The number of hydrogen-bond acceptors (Lipinski definition) is 5. The quantitative estimate of drug-likeness (QED) is 0.602. The number of Topliss-reactive ketones (excluding diaryl/α,β-unsaturated/α-hetero) is 1. The highest BCUT2D eigenvalue weighted by Crippen LogP contribution is 2.30. The standard InChI is InChI=1S/C12H18N2O5S/c1-7-5-8(2)11(14(16)17)6-10(7)12(15)9(3)20(18,19)13-4/h6-7,9,13H,5H2,1-4H3. The fourth-order valence-electron chi connectivity index (χ4n) is 2.16. The van der Waals surface area contributed by atoms with Crippen molar-refractivity contribution in [3.63, 3.8) is 0 Å². The summed E-state index contributed by atoms with van der Waals surface area (Å²) in [6.45, 7) is 4.67. The highest BCUT2D eigenvalue weighted by molar-refractivity contribution is 7.90. The summed E-state index contributed by atoms with van der Waals surface area (Å²) < 4.78 is 25.4. The molecular weight excluding hydrogens is 284 g/mol. The first-order chi connectivity index (χ1) is 9.11. The number of hydrogen-bond donors (Lipinski definition) is 1. The van der Waals surface area contributed by atoms with Gasteiger partial charge in [0.2, 0.25) is 10.0 Å². The Labute approximate surface area is 117 Å². The molecule has 8 heteroatoms. The van der Waals surface area contributed by atoms with E-state index in [1.165, 1.54) is 20.0 Å². The number of carbonyl (C=O) groups excluding carboxylic acids is 1. The average Bonchev–Trinajstić information content (AvgIpc) is 2.36. The van der Waals surface area contributed by atoms with E-state index < -0.39 is 26.0 Å². The van der Waals surface area contributed by atoms with Crippen molar-refractivity contribution in [1.29, 1.82) is 0 Å². The van der Waals surface area contributed by atoms with Gasteiger partial charge in [0, 0.05) is 17.2 Å². The van der Waals surface area contributed by atoms with Crippen LogP contribution in [0.4, 0.5) is 0 Å². The lowest BCUT2D eigenvalue weighted by Crippen LogP contribution is -2.37. The maximum absolute atomic E-state index is 12.3. The molecule has 0 aromatic rings. The first-order valence-electron chi connectivity index (χ1n) is 6.14. The van der Waals surface area contributed by atoms with Crippen LogP contribution in [0.3, 0.4) is 0 Å². The Kier molecular flexibility index (Phi) is 4.82. The molecule has 0 amide bonds. The zero-order valence-corrected chi connectivity index (χ0v) is 12.7. The highest BCUT2D eigenvalue weighted by Gasteiger charge is 2.34. The van der Waals surface area contributed by atoms with Gasteiger partial charge in [-0.25, -0.2) is 13.1 Å². The summed E-state index contributed by atoms with van der Waals surface area (Å²) in [4.78, 5) is 22.6. The van der Waals surface area contributed by atoms with Gasteiger partial charge < -0.3 is 0 Å². The van der Waals surface area contributed by atoms with Gasteiger partial charge in [-0.3, -0.25) is 14.9 Å². The third-order valence-electron chi connectivity index (χ3n) is 3.47. The lowest BCUT2D eigenvalue weighted by molar-refractivity contribution is -0.420. The van der Waals surface area contributed by atoms with Crippen LogP contribution in [0.5, 0.6) is 0 Å². The van der Waals surface area contributed by atoms with Gasteiger partial charge in [0.05, 0.1) is 4.92 Å². The molecule has 0 saturated carbocycles. The predicted octanol–water partition coefficient (Wildman–Crippen LogP) is 1.01. The molecule has 0 radical (unpaired) electrons. The monoisotopic (exact) mass is 302 g/mol. The molecular formula is C12H18N2O5S. The number of nitrogens with zero attached hydrogens (tertiary/aromatic N) is 1. The molecule has 0 bridgehead atoms. The Morgan fingerprint density at radius 3 is 2.55 bits per heavy atom. The third-order valence-corrected chi connectivity index (χ3v) is 5.19. The minimum Gasteiger partial charge on any atom is -0.293 e. The molecule has 0 heterocycles. The van der Waals surface area contributed by atoms with Crippen LogP contribution in [0, 0.1) is 16.0 Å². The zero-order chi connectivity index (χ0) is 15.7. The molecule has 0 aliphatic heterocycles. The molecule has 1 rings (SSSR count). The predicted molar refractivity (Wildman–Crippen MR) is 74.0 cm³/mol. The molecule has 2 unspecified atom stereocenters. The van der Waals surface area contributed by atoms with Crippen LogP contribution < -0.4 is 4.72 Å². The molecule has 2 atom stereocenters. The van der Waals surface area contributed by atoms with Gasteiger partial charge in [-0.1, -0.05) is 6.92 Å². The minimum absolute atomic E-state index is 0.125. The van der Waals surface area contributed by atoms with Crippen LogP contribution in [0.1, 0.15) is 27.2 Å². The van der Waals surface area contributed by atoms with E-state index in [9.17, 15) is 23.3 Å². The number of sulfonamides is 1. The summed E-state index contributed by atoms with van der Waals surface area (Å²) >= 11 is 0. The molecule has 0 aromatic carbocycles. The van der Waals surface area contributed by atoms with Crippen molar-refractivity contribution in [1.82, 2.24) is 4.72 Å². The topological polar surface area (TPSA) is 106 Å². The number of carbonyl (C=O) groups is 1. The fourth-order valence-corrected chi connectivity index (χ4v) is 2.93.